The molecule has 0 aliphatic rings. The SMILES string of the molecule is CCCCCCCCCCCCCCCCCCCCCC/C=C/[P]/C=C/CCCCCCCCCCCCCCCCCCCCCC. The van der Waals surface area contributed by atoms with E-state index in [4.69, 9.17) is 0 Å². The van der Waals surface area contributed by atoms with Gasteiger partial charge >= 0.3 is 0 Å². The second-order valence-electron chi connectivity index (χ2n) is 15.9. The molecule has 0 aromatic carbocycles. The predicted molar refractivity (Wildman–Crippen MR) is 230 cm³/mol. The lowest BCUT2D eigenvalue weighted by Gasteiger charge is -2.04. The first-order valence-electron chi connectivity index (χ1n) is 23.4. The molecule has 0 aromatic rings. The summed E-state index contributed by atoms with van der Waals surface area (Å²) in [6, 6.07) is 0. The van der Waals surface area contributed by atoms with Crippen molar-refractivity contribution in [2.24, 2.45) is 0 Å². The zero-order valence-corrected chi connectivity index (χ0v) is 35.3. The summed E-state index contributed by atoms with van der Waals surface area (Å²) in [5, 5.41) is 0. The second-order valence-corrected chi connectivity index (χ2v) is 16.8. The van der Waals surface area contributed by atoms with Gasteiger partial charge in [0.2, 0.25) is 0 Å². The average molecular weight is 702 g/mol. The van der Waals surface area contributed by atoms with Crippen molar-refractivity contribution in [2.75, 3.05) is 0 Å². The van der Waals surface area contributed by atoms with Gasteiger partial charge in [0.05, 0.1) is 0 Å². The molecule has 1 heteroatoms. The Labute approximate surface area is 314 Å². The van der Waals surface area contributed by atoms with Crippen molar-refractivity contribution in [3.05, 3.63) is 23.8 Å². The highest BCUT2D eigenvalue weighted by Crippen LogP contribution is 2.19. The van der Waals surface area contributed by atoms with Gasteiger partial charge in [-0.05, 0) is 34.3 Å². The molecule has 0 unspecified atom stereocenters. The Morgan fingerprint density at radius 2 is 0.388 bits per heavy atom. The predicted octanol–water partition coefficient (Wildman–Crippen LogP) is 19.4. The first-order valence-corrected chi connectivity index (χ1v) is 24.4. The Hall–Kier alpha value is -0.0900. The van der Waals surface area contributed by atoms with Gasteiger partial charge in [0.15, 0.2) is 0 Å². The fraction of sp³-hybridized carbons (Fsp3) is 0.917. The normalized spacial score (nSPS) is 12.0. The molecule has 0 saturated heterocycles. The van der Waals surface area contributed by atoms with Gasteiger partial charge in [-0.2, -0.15) is 0 Å². The monoisotopic (exact) mass is 702 g/mol. The molecule has 0 spiro atoms. The van der Waals surface area contributed by atoms with Crippen molar-refractivity contribution < 1.29 is 0 Å². The van der Waals surface area contributed by atoms with Crippen LogP contribution in [0.2, 0.25) is 0 Å². The minimum Gasteiger partial charge on any atom is -0.0834 e. The molecule has 0 fully saturated rings. The van der Waals surface area contributed by atoms with Gasteiger partial charge in [0, 0.05) is 0 Å². The maximum absolute atomic E-state index is 2.42. The van der Waals surface area contributed by atoms with Crippen molar-refractivity contribution in [3.8, 4) is 0 Å². The summed E-state index contributed by atoms with van der Waals surface area (Å²) in [6.07, 6.45) is 65.9. The first-order chi connectivity index (χ1) is 24.4. The van der Waals surface area contributed by atoms with E-state index in [1.54, 1.807) is 0 Å². The molecule has 0 heterocycles. The third kappa shape index (κ3) is 47.9. The molecule has 0 aliphatic heterocycles. The number of hydrogen-bond acceptors (Lipinski definition) is 0. The zero-order chi connectivity index (χ0) is 35.2. The van der Waals surface area contributed by atoms with Crippen molar-refractivity contribution in [3.63, 3.8) is 0 Å². The van der Waals surface area contributed by atoms with E-state index >= 15 is 0 Å². The van der Waals surface area contributed by atoms with Crippen LogP contribution in [-0.4, -0.2) is 0 Å². The minimum atomic E-state index is 1.28. The van der Waals surface area contributed by atoms with Gasteiger partial charge < -0.3 is 0 Å². The Morgan fingerprint density at radius 1 is 0.224 bits per heavy atom. The standard InChI is InChI=1S/C48H94P/c1-3-5-7-9-11-13-15-17-19-21-23-25-27-29-31-33-35-37-39-41-43-45-47-49-48-46-44-42-40-38-36-34-32-30-28-26-24-22-20-18-16-14-12-10-8-6-4-2/h45-48H,3-44H2,1-2H3/b47-45+,48-46+. The fourth-order valence-electron chi connectivity index (χ4n) is 7.36. The van der Waals surface area contributed by atoms with Crippen LogP contribution in [0.1, 0.15) is 284 Å². The third-order valence-corrected chi connectivity index (χ3v) is 11.6. The summed E-state index contributed by atoms with van der Waals surface area (Å²) in [4.78, 5) is 0. The third-order valence-electron chi connectivity index (χ3n) is 10.8. The van der Waals surface area contributed by atoms with Crippen LogP contribution in [0.5, 0.6) is 0 Å². The number of rotatable bonds is 44. The van der Waals surface area contributed by atoms with Gasteiger partial charge in [0.1, 0.15) is 0 Å². The van der Waals surface area contributed by atoms with E-state index in [9.17, 15) is 0 Å². The lowest BCUT2D eigenvalue weighted by atomic mass is 10.0. The molecule has 0 bridgehead atoms. The molecule has 0 nitrogen and oxygen atoms in total. The Morgan fingerprint density at radius 3 is 0.571 bits per heavy atom. The molecular weight excluding hydrogens is 608 g/mol. The second kappa shape index (κ2) is 47.9. The van der Waals surface area contributed by atoms with E-state index in [-0.39, 0.29) is 0 Å². The van der Waals surface area contributed by atoms with Gasteiger partial charge in [-0.15, -0.1) is 0 Å². The zero-order valence-electron chi connectivity index (χ0n) is 34.5. The van der Waals surface area contributed by atoms with Crippen molar-refractivity contribution in [2.45, 2.75) is 284 Å². The molecule has 291 valence electrons. The van der Waals surface area contributed by atoms with Crippen molar-refractivity contribution in [1.82, 2.24) is 0 Å². The highest BCUT2D eigenvalue weighted by Gasteiger charge is 1.97. The molecular formula is C48H94P. The smallest absolute Gasteiger partial charge is 0.0267 e. The first kappa shape index (κ1) is 48.9. The van der Waals surface area contributed by atoms with Crippen LogP contribution in [0.25, 0.3) is 0 Å². The molecule has 0 amide bonds. The van der Waals surface area contributed by atoms with E-state index in [0.29, 0.717) is 0 Å². The van der Waals surface area contributed by atoms with Crippen molar-refractivity contribution in [1.29, 1.82) is 0 Å². The molecule has 0 aliphatic carbocycles. The minimum absolute atomic E-state index is 1.28. The van der Waals surface area contributed by atoms with E-state index in [0.717, 1.165) is 0 Å². The molecule has 49 heavy (non-hydrogen) atoms. The van der Waals surface area contributed by atoms with E-state index < -0.39 is 0 Å². The summed E-state index contributed by atoms with van der Waals surface area (Å²) in [7, 11) is 1.38. The Kier molecular flexibility index (Phi) is 47.8. The van der Waals surface area contributed by atoms with Crippen LogP contribution in [0, 0.1) is 0 Å². The number of hydrogen-bond donors (Lipinski definition) is 0. The largest absolute Gasteiger partial charge is 0.0834 e. The summed E-state index contributed by atoms with van der Waals surface area (Å²) in [5.41, 5.74) is 0. The van der Waals surface area contributed by atoms with Crippen LogP contribution in [0.15, 0.2) is 23.8 Å². The summed E-state index contributed by atoms with van der Waals surface area (Å²) in [6.45, 7) is 4.62. The lowest BCUT2D eigenvalue weighted by molar-refractivity contribution is 0.522. The highest BCUT2D eigenvalue weighted by atomic mass is 31.1. The van der Waals surface area contributed by atoms with Crippen LogP contribution in [0.4, 0.5) is 0 Å². The van der Waals surface area contributed by atoms with Crippen molar-refractivity contribution >= 4 is 8.58 Å². The molecule has 0 saturated carbocycles. The van der Waals surface area contributed by atoms with Crippen LogP contribution in [-0.2, 0) is 0 Å². The van der Waals surface area contributed by atoms with Gasteiger partial charge in [-0.3, -0.25) is 0 Å². The van der Waals surface area contributed by atoms with E-state index in [1.165, 1.54) is 278 Å². The van der Waals surface area contributed by atoms with Gasteiger partial charge in [-0.1, -0.05) is 282 Å². The average Bonchev–Trinajstić information content (AvgIpc) is 3.11. The topological polar surface area (TPSA) is 0 Å². The Balaban J connectivity index is 3.14. The Bertz CT molecular complexity index is 554. The summed E-state index contributed by atoms with van der Waals surface area (Å²) >= 11 is 0. The number of allylic oxidation sites excluding steroid dienone is 2. The maximum Gasteiger partial charge on any atom is -0.0267 e. The summed E-state index contributed by atoms with van der Waals surface area (Å²) < 4.78 is 0. The lowest BCUT2D eigenvalue weighted by Crippen LogP contribution is -1.84. The van der Waals surface area contributed by atoms with E-state index in [1.807, 2.05) is 0 Å². The summed E-state index contributed by atoms with van der Waals surface area (Å²) in [5.74, 6) is 4.73. The molecule has 1 radical (unpaired) electrons. The molecule has 0 N–H and O–H groups in total. The highest BCUT2D eigenvalue weighted by molar-refractivity contribution is 7.45. The molecule has 0 rings (SSSR count). The van der Waals surface area contributed by atoms with Gasteiger partial charge in [0.25, 0.3) is 0 Å². The van der Waals surface area contributed by atoms with Gasteiger partial charge in [-0.25, -0.2) is 0 Å². The number of unbranched alkanes of at least 4 members (excludes halogenated alkanes) is 40. The van der Waals surface area contributed by atoms with Crippen LogP contribution in [0.3, 0.4) is 0 Å². The fourth-order valence-corrected chi connectivity index (χ4v) is 8.00. The maximum atomic E-state index is 2.42. The molecule has 0 atom stereocenters. The van der Waals surface area contributed by atoms with E-state index in [2.05, 4.69) is 37.6 Å². The van der Waals surface area contributed by atoms with Crippen LogP contribution >= 0.6 is 8.58 Å². The molecule has 0 aromatic heterocycles. The van der Waals surface area contributed by atoms with Crippen LogP contribution < -0.4 is 0 Å². The quantitative estimate of drug-likeness (QED) is 0.0438.